The van der Waals surface area contributed by atoms with Crippen LogP contribution < -0.4 is 0 Å². The van der Waals surface area contributed by atoms with E-state index >= 15 is 0 Å². The number of carbonyl (C=O) groups excluding carboxylic acids is 2. The van der Waals surface area contributed by atoms with Crippen LogP contribution in [-0.4, -0.2) is 49.4 Å². The second-order valence-electron chi connectivity index (χ2n) is 4.05. The predicted octanol–water partition coefficient (Wildman–Crippen LogP) is 0.386. The number of carboxylic acids is 1. The average Bonchev–Trinajstić information content (AvgIpc) is 2.32. The van der Waals surface area contributed by atoms with Gasteiger partial charge in [-0.25, -0.2) is 14.4 Å². The highest BCUT2D eigenvalue weighted by atomic mass is 16.6. The molecule has 0 aliphatic heterocycles. The predicted molar refractivity (Wildman–Crippen MR) is 64.4 cm³/mol. The van der Waals surface area contributed by atoms with Crippen molar-refractivity contribution in [1.82, 2.24) is 0 Å². The van der Waals surface area contributed by atoms with Crippen LogP contribution in [0.4, 0.5) is 0 Å². The lowest BCUT2D eigenvalue weighted by Crippen LogP contribution is -2.21. The molecule has 0 aromatic carbocycles. The summed E-state index contributed by atoms with van der Waals surface area (Å²) in [5.41, 5.74) is 0.297. The Morgan fingerprint density at radius 3 is 2.26 bits per heavy atom. The first kappa shape index (κ1) is 17.1. The Bertz CT molecular complexity index is 348. The van der Waals surface area contributed by atoms with E-state index < -0.39 is 31.1 Å². The molecule has 1 unspecified atom stereocenters. The summed E-state index contributed by atoms with van der Waals surface area (Å²) in [5, 5.41) is 8.28. The molecule has 0 aliphatic rings. The molecule has 0 bridgehead atoms. The largest absolute Gasteiger partial charge is 0.480 e. The maximum Gasteiger partial charge on any atom is 0.333 e. The fraction of sp³-hybridized carbons (Fsp3) is 0.583. The number of carbonyl (C=O) groups is 3. The molecule has 0 aromatic heterocycles. The van der Waals surface area contributed by atoms with E-state index in [9.17, 15) is 14.4 Å². The van der Waals surface area contributed by atoms with Gasteiger partial charge in [0, 0.05) is 11.5 Å². The van der Waals surface area contributed by atoms with Gasteiger partial charge in [0.05, 0.1) is 13.2 Å². The molecular weight excluding hydrogens is 256 g/mol. The summed E-state index contributed by atoms with van der Waals surface area (Å²) in [6, 6.07) is 0. The summed E-state index contributed by atoms with van der Waals surface area (Å²) in [6.07, 6.45) is 0. The topological polar surface area (TPSA) is 99.1 Å². The fourth-order valence-corrected chi connectivity index (χ4v) is 0.888. The van der Waals surface area contributed by atoms with Crippen LogP contribution in [0.5, 0.6) is 0 Å². The molecule has 0 saturated carbocycles. The van der Waals surface area contributed by atoms with Crippen molar-refractivity contribution in [2.24, 2.45) is 5.92 Å². The van der Waals surface area contributed by atoms with Crippen LogP contribution in [0.3, 0.4) is 0 Å². The van der Waals surface area contributed by atoms with E-state index in [0.717, 1.165) is 0 Å². The number of aliphatic carboxylic acids is 1. The van der Waals surface area contributed by atoms with Gasteiger partial charge in [0.1, 0.15) is 13.2 Å². The maximum atomic E-state index is 11.1. The van der Waals surface area contributed by atoms with E-state index in [-0.39, 0.29) is 19.1 Å². The molecule has 0 fully saturated rings. The number of rotatable bonds is 9. The van der Waals surface area contributed by atoms with Gasteiger partial charge in [-0.1, -0.05) is 13.5 Å². The molecule has 0 rings (SSSR count). The van der Waals surface area contributed by atoms with E-state index in [2.05, 4.69) is 11.3 Å². The Morgan fingerprint density at radius 1 is 1.16 bits per heavy atom. The second-order valence-corrected chi connectivity index (χ2v) is 4.05. The Labute approximate surface area is 111 Å². The van der Waals surface area contributed by atoms with Gasteiger partial charge in [-0.15, -0.1) is 0 Å². The molecule has 7 heteroatoms. The van der Waals surface area contributed by atoms with Crippen molar-refractivity contribution in [1.29, 1.82) is 0 Å². The zero-order chi connectivity index (χ0) is 14.8. The summed E-state index contributed by atoms with van der Waals surface area (Å²) in [6.45, 7) is 5.88. The normalized spacial score (nSPS) is 11.5. The standard InChI is InChI=1S/C12H18O7/c1-8(2)12(16)19-5-9(3)4-18-11(15)7-17-6-10(13)14/h9H,1,4-7H2,2-3H3,(H,13,14). The summed E-state index contributed by atoms with van der Waals surface area (Å²) in [4.78, 5) is 32.3. The molecule has 0 aromatic rings. The van der Waals surface area contributed by atoms with Gasteiger partial charge < -0.3 is 19.3 Å². The zero-order valence-electron chi connectivity index (χ0n) is 11.0. The third-order valence-electron chi connectivity index (χ3n) is 1.82. The molecule has 0 aliphatic carbocycles. The number of carboxylic acid groups (broad SMARTS) is 1. The average molecular weight is 274 g/mol. The lowest BCUT2D eigenvalue weighted by Gasteiger charge is -2.12. The van der Waals surface area contributed by atoms with Crippen LogP contribution in [-0.2, 0) is 28.6 Å². The molecular formula is C12H18O7. The zero-order valence-corrected chi connectivity index (χ0v) is 11.0. The number of hydrogen-bond donors (Lipinski definition) is 1. The first-order valence-corrected chi connectivity index (χ1v) is 5.60. The van der Waals surface area contributed by atoms with Crippen LogP contribution in [0.25, 0.3) is 0 Å². The van der Waals surface area contributed by atoms with Gasteiger partial charge in [-0.2, -0.15) is 0 Å². The lowest BCUT2D eigenvalue weighted by atomic mass is 10.2. The van der Waals surface area contributed by atoms with Crippen molar-refractivity contribution in [2.75, 3.05) is 26.4 Å². The minimum absolute atomic E-state index is 0.0543. The molecule has 108 valence electrons. The van der Waals surface area contributed by atoms with Crippen LogP contribution in [0.2, 0.25) is 0 Å². The third kappa shape index (κ3) is 9.78. The van der Waals surface area contributed by atoms with E-state index in [4.69, 9.17) is 14.6 Å². The smallest absolute Gasteiger partial charge is 0.333 e. The highest BCUT2D eigenvalue weighted by Crippen LogP contribution is 2.00. The van der Waals surface area contributed by atoms with Crippen LogP contribution in [0.1, 0.15) is 13.8 Å². The summed E-state index contributed by atoms with van der Waals surface area (Å²) in [7, 11) is 0. The van der Waals surface area contributed by atoms with Crippen LogP contribution in [0, 0.1) is 5.92 Å². The van der Waals surface area contributed by atoms with Gasteiger partial charge in [0.25, 0.3) is 0 Å². The van der Waals surface area contributed by atoms with E-state index in [1.54, 1.807) is 6.92 Å². The lowest BCUT2D eigenvalue weighted by molar-refractivity contribution is -0.154. The van der Waals surface area contributed by atoms with Gasteiger partial charge in [-0.05, 0) is 6.92 Å². The van der Waals surface area contributed by atoms with Crippen molar-refractivity contribution in [3.05, 3.63) is 12.2 Å². The van der Waals surface area contributed by atoms with Gasteiger partial charge >= 0.3 is 17.9 Å². The number of hydrogen-bond acceptors (Lipinski definition) is 6. The fourth-order valence-electron chi connectivity index (χ4n) is 0.888. The molecule has 1 N–H and O–H groups in total. The molecule has 0 saturated heterocycles. The van der Waals surface area contributed by atoms with Crippen molar-refractivity contribution < 1.29 is 33.7 Å². The summed E-state index contributed by atoms with van der Waals surface area (Å²) in [5.74, 6) is -2.50. The molecule has 0 heterocycles. The molecule has 7 nitrogen and oxygen atoms in total. The SMILES string of the molecule is C=C(C)C(=O)OCC(C)COC(=O)COCC(=O)O. The molecule has 0 spiro atoms. The maximum absolute atomic E-state index is 11.1. The van der Waals surface area contributed by atoms with E-state index in [1.807, 2.05) is 0 Å². The third-order valence-corrected chi connectivity index (χ3v) is 1.82. The van der Waals surface area contributed by atoms with Crippen LogP contribution >= 0.6 is 0 Å². The van der Waals surface area contributed by atoms with E-state index in [0.29, 0.717) is 5.57 Å². The number of esters is 2. The van der Waals surface area contributed by atoms with Crippen LogP contribution in [0.15, 0.2) is 12.2 Å². The van der Waals surface area contributed by atoms with Gasteiger partial charge in [0.2, 0.25) is 0 Å². The Morgan fingerprint density at radius 2 is 1.74 bits per heavy atom. The van der Waals surface area contributed by atoms with E-state index in [1.165, 1.54) is 6.92 Å². The Kier molecular flexibility index (Phi) is 8.19. The molecule has 0 radical (unpaired) electrons. The minimum Gasteiger partial charge on any atom is -0.480 e. The molecule has 1 atom stereocenters. The van der Waals surface area contributed by atoms with Crippen molar-refractivity contribution in [3.63, 3.8) is 0 Å². The van der Waals surface area contributed by atoms with Crippen molar-refractivity contribution in [2.45, 2.75) is 13.8 Å². The quantitative estimate of drug-likeness (QED) is 0.479. The minimum atomic E-state index is -1.16. The van der Waals surface area contributed by atoms with Crippen molar-refractivity contribution in [3.8, 4) is 0 Å². The molecule has 0 amide bonds. The van der Waals surface area contributed by atoms with Gasteiger partial charge in [0.15, 0.2) is 0 Å². The van der Waals surface area contributed by atoms with Gasteiger partial charge in [-0.3, -0.25) is 0 Å². The highest BCUT2D eigenvalue weighted by molar-refractivity contribution is 5.86. The monoisotopic (exact) mass is 274 g/mol. The Balaban J connectivity index is 3.69. The number of ether oxygens (including phenoxy) is 3. The molecule has 19 heavy (non-hydrogen) atoms. The summed E-state index contributed by atoms with van der Waals surface area (Å²) >= 11 is 0. The summed E-state index contributed by atoms with van der Waals surface area (Å²) < 4.78 is 14.2. The highest BCUT2D eigenvalue weighted by Gasteiger charge is 2.11. The first-order valence-electron chi connectivity index (χ1n) is 5.60. The Hall–Kier alpha value is -1.89. The first-order chi connectivity index (χ1) is 8.82. The van der Waals surface area contributed by atoms with Crippen molar-refractivity contribution >= 4 is 17.9 Å². The second kappa shape index (κ2) is 9.09.